The highest BCUT2D eigenvalue weighted by Crippen LogP contribution is 2.38. The first-order chi connectivity index (χ1) is 36.9. The molecule has 0 bridgehead atoms. The summed E-state index contributed by atoms with van der Waals surface area (Å²) in [6, 6.07) is -0.912. The lowest BCUT2D eigenvalue weighted by atomic mass is 10.0. The van der Waals surface area contributed by atoms with E-state index in [0.29, 0.717) is 23.9 Å². The fourth-order valence-electron chi connectivity index (χ4n) is 8.61. The molecule has 0 aliphatic heterocycles. The summed E-state index contributed by atoms with van der Waals surface area (Å²) >= 11 is 0. The van der Waals surface area contributed by atoms with E-state index in [2.05, 4.69) is 50.4 Å². The molecule has 1 amide bonds. The highest BCUT2D eigenvalue weighted by molar-refractivity contribution is 7.45. The summed E-state index contributed by atoms with van der Waals surface area (Å²) in [7, 11) is 1.15. The van der Waals surface area contributed by atoms with Gasteiger partial charge in [0, 0.05) is 12.8 Å². The van der Waals surface area contributed by atoms with Gasteiger partial charge in [-0.25, -0.2) is 0 Å². The van der Waals surface area contributed by atoms with E-state index in [1.54, 1.807) is 0 Å². The van der Waals surface area contributed by atoms with Gasteiger partial charge in [0.05, 0.1) is 33.8 Å². The van der Waals surface area contributed by atoms with E-state index in [-0.39, 0.29) is 24.9 Å². The fourth-order valence-corrected chi connectivity index (χ4v) is 9.33. The van der Waals surface area contributed by atoms with Crippen LogP contribution in [0.5, 0.6) is 0 Å². The number of nitrogens with zero attached hydrogens (tertiary/aromatic N) is 1. The number of unbranched alkanes of at least 4 members (excludes halogenated alkanes) is 30. The Kier molecular flexibility index (Phi) is 53.0. The standard InChI is InChI=1S/C66H117N2O7P/c1-7-10-13-16-19-22-25-28-30-32-33-34-35-37-38-40-43-46-49-52-55-58-65(69)67-63(62-74-76(71,72)73-61-60-68(4,5)6)64(57-54-51-48-45-42-27-24-21-18-15-12-9-3)75-66(70)59-56-53-50-47-44-41-39-36-31-29-26-23-20-17-14-11-8-2/h11,14,17,20,23,26,28-31,36,39,41,44,54,57,63-64H,7-10,12-13,15-16,18-19,21-22,24-25,27,32-35,37-38,40,42-43,45-53,55-56,58-62H2,1-6H3,(H-,67,69,71,72)/b14-11-,20-17+,26-23+,30-28+,31-29-,39-36+,44-41+,57-54-. The molecule has 1 N–H and O–H groups in total. The summed E-state index contributed by atoms with van der Waals surface area (Å²) < 4.78 is 30.3. The van der Waals surface area contributed by atoms with Crippen molar-refractivity contribution in [2.45, 2.75) is 270 Å². The molecular weight excluding hydrogens is 964 g/mol. The maximum atomic E-state index is 13.5. The number of phosphoric acid groups is 1. The molecule has 0 heterocycles. The van der Waals surface area contributed by atoms with Crippen LogP contribution in [0.1, 0.15) is 258 Å². The Bertz CT molecular complexity index is 1620. The molecule has 0 saturated heterocycles. The number of hydrogen-bond donors (Lipinski definition) is 1. The van der Waals surface area contributed by atoms with Crippen LogP contribution in [0, 0.1) is 0 Å². The number of carbonyl (C=O) groups excluding carboxylic acids is 2. The van der Waals surface area contributed by atoms with Crippen LogP contribution in [-0.2, 0) is 27.9 Å². The molecule has 9 nitrogen and oxygen atoms in total. The summed E-state index contributed by atoms with van der Waals surface area (Å²) in [6.07, 6.45) is 73.7. The van der Waals surface area contributed by atoms with E-state index in [4.69, 9.17) is 13.8 Å². The lowest BCUT2D eigenvalue weighted by Crippen LogP contribution is -2.47. The van der Waals surface area contributed by atoms with Gasteiger partial charge in [-0.15, -0.1) is 0 Å². The molecule has 76 heavy (non-hydrogen) atoms. The fraction of sp³-hybridized carbons (Fsp3) is 0.727. The first kappa shape index (κ1) is 72.9. The molecule has 3 atom stereocenters. The van der Waals surface area contributed by atoms with Crippen LogP contribution >= 0.6 is 7.82 Å². The quantitative estimate of drug-likeness (QED) is 0.0161. The minimum atomic E-state index is -4.71. The average Bonchev–Trinajstić information content (AvgIpc) is 3.38. The van der Waals surface area contributed by atoms with Crippen molar-refractivity contribution in [1.29, 1.82) is 0 Å². The topological polar surface area (TPSA) is 114 Å². The van der Waals surface area contributed by atoms with E-state index in [9.17, 15) is 19.0 Å². The van der Waals surface area contributed by atoms with Gasteiger partial charge in [0.1, 0.15) is 19.3 Å². The van der Waals surface area contributed by atoms with Crippen molar-refractivity contribution in [3.8, 4) is 0 Å². The molecule has 0 aliphatic rings. The molecule has 0 aliphatic carbocycles. The number of rotatable bonds is 55. The van der Waals surface area contributed by atoms with Crippen LogP contribution in [-0.4, -0.2) is 69.4 Å². The van der Waals surface area contributed by atoms with Crippen LogP contribution < -0.4 is 10.2 Å². The molecule has 0 rings (SSSR count). The molecule has 438 valence electrons. The Morgan fingerprint density at radius 1 is 0.474 bits per heavy atom. The van der Waals surface area contributed by atoms with Crippen LogP contribution in [0.15, 0.2) is 97.2 Å². The average molecular weight is 1080 g/mol. The second kappa shape index (κ2) is 55.3. The molecule has 0 aromatic heterocycles. The molecule has 0 aromatic rings. The molecule has 10 heteroatoms. The van der Waals surface area contributed by atoms with E-state index < -0.39 is 26.6 Å². The predicted octanol–water partition coefficient (Wildman–Crippen LogP) is 18.5. The monoisotopic (exact) mass is 1080 g/mol. The zero-order valence-corrected chi connectivity index (χ0v) is 50.8. The molecule has 0 aromatic carbocycles. The minimum absolute atomic E-state index is 0.0341. The predicted molar refractivity (Wildman–Crippen MR) is 325 cm³/mol. The SMILES string of the molecule is CC\C=C/C=C/C=C/C=C\C=C\C=C\CCCCCC(=O)OC(/C=C\CCCCCCCCCCCC)C(COP(=O)([O-])OCC[N+](C)(C)C)NC(=O)CCCCCCCCCCCCC/C=C/CCCCCCCC. The van der Waals surface area contributed by atoms with E-state index in [1.165, 1.54) is 148 Å². The highest BCUT2D eigenvalue weighted by Gasteiger charge is 2.27. The van der Waals surface area contributed by atoms with Gasteiger partial charge in [0.15, 0.2) is 0 Å². The van der Waals surface area contributed by atoms with Crippen LogP contribution in [0.4, 0.5) is 0 Å². The normalized spacial score (nSPS) is 14.4. The molecular formula is C66H117N2O7P. The molecule has 0 saturated carbocycles. The van der Waals surface area contributed by atoms with Crippen molar-refractivity contribution in [1.82, 2.24) is 5.32 Å². The van der Waals surface area contributed by atoms with Crippen molar-refractivity contribution < 1.29 is 37.3 Å². The third kappa shape index (κ3) is 55.7. The number of phosphoric ester groups is 1. The van der Waals surface area contributed by atoms with E-state index in [1.807, 2.05) is 94.1 Å². The van der Waals surface area contributed by atoms with Gasteiger partial charge in [0.25, 0.3) is 7.82 Å². The Hall–Kier alpha value is -3.07. The van der Waals surface area contributed by atoms with Gasteiger partial charge in [-0.05, 0) is 76.7 Å². The van der Waals surface area contributed by atoms with Crippen molar-refractivity contribution in [2.24, 2.45) is 0 Å². The lowest BCUT2D eigenvalue weighted by molar-refractivity contribution is -0.870. The van der Waals surface area contributed by atoms with Crippen LogP contribution in [0.3, 0.4) is 0 Å². The largest absolute Gasteiger partial charge is 0.756 e. The number of allylic oxidation sites excluding steroid dienone is 15. The first-order valence-electron chi connectivity index (χ1n) is 31.1. The maximum absolute atomic E-state index is 13.5. The van der Waals surface area contributed by atoms with Gasteiger partial charge in [0.2, 0.25) is 5.91 Å². The number of carbonyl (C=O) groups is 2. The first-order valence-corrected chi connectivity index (χ1v) is 32.6. The number of ether oxygens (including phenoxy) is 1. The summed E-state index contributed by atoms with van der Waals surface area (Å²) in [5.74, 6) is -0.594. The smallest absolute Gasteiger partial charge is 0.306 e. The number of quaternary nitrogens is 1. The molecule has 3 unspecified atom stereocenters. The number of likely N-dealkylation sites (N-methyl/N-ethyl adjacent to an activating group) is 1. The second-order valence-electron chi connectivity index (χ2n) is 22.0. The number of hydrogen-bond acceptors (Lipinski definition) is 7. The van der Waals surface area contributed by atoms with Gasteiger partial charge in [-0.2, -0.15) is 0 Å². The third-order valence-corrected chi connectivity index (χ3v) is 14.4. The van der Waals surface area contributed by atoms with Crippen LogP contribution in [0.25, 0.3) is 0 Å². The van der Waals surface area contributed by atoms with Crippen molar-refractivity contribution in [3.05, 3.63) is 97.2 Å². The number of esters is 1. The van der Waals surface area contributed by atoms with Crippen molar-refractivity contribution in [2.75, 3.05) is 40.9 Å². The number of nitrogens with one attached hydrogen (secondary N) is 1. The van der Waals surface area contributed by atoms with Gasteiger partial charge >= 0.3 is 5.97 Å². The van der Waals surface area contributed by atoms with Gasteiger partial charge < -0.3 is 28.5 Å². The second-order valence-corrected chi connectivity index (χ2v) is 23.4. The Morgan fingerprint density at radius 3 is 1.32 bits per heavy atom. The summed E-state index contributed by atoms with van der Waals surface area (Å²) in [6.45, 7) is 6.66. The summed E-state index contributed by atoms with van der Waals surface area (Å²) in [4.78, 5) is 40.0. The van der Waals surface area contributed by atoms with Crippen LogP contribution in [0.2, 0.25) is 0 Å². The zero-order chi connectivity index (χ0) is 55.7. The Morgan fingerprint density at radius 2 is 0.855 bits per heavy atom. The number of amides is 1. The molecule has 0 spiro atoms. The Balaban J connectivity index is 5.31. The van der Waals surface area contributed by atoms with E-state index in [0.717, 1.165) is 70.6 Å². The van der Waals surface area contributed by atoms with Gasteiger partial charge in [-0.3, -0.25) is 14.2 Å². The highest BCUT2D eigenvalue weighted by atomic mass is 31.2. The van der Waals surface area contributed by atoms with Crippen molar-refractivity contribution >= 4 is 19.7 Å². The summed E-state index contributed by atoms with van der Waals surface area (Å²) in [5.41, 5.74) is 0. The lowest BCUT2D eigenvalue weighted by Gasteiger charge is -2.30. The summed E-state index contributed by atoms with van der Waals surface area (Å²) in [5, 5.41) is 3.02. The van der Waals surface area contributed by atoms with E-state index >= 15 is 0 Å². The van der Waals surface area contributed by atoms with Gasteiger partial charge in [-0.1, -0.05) is 266 Å². The third-order valence-electron chi connectivity index (χ3n) is 13.4. The molecule has 0 fully saturated rings. The zero-order valence-electron chi connectivity index (χ0n) is 49.9. The molecule has 0 radical (unpaired) electrons. The maximum Gasteiger partial charge on any atom is 0.306 e. The van der Waals surface area contributed by atoms with Crippen molar-refractivity contribution in [3.63, 3.8) is 0 Å². The minimum Gasteiger partial charge on any atom is -0.756 e. The Labute approximate surface area is 468 Å².